The molecule has 1 aromatic rings. The summed E-state index contributed by atoms with van der Waals surface area (Å²) in [7, 11) is 0. The van der Waals surface area contributed by atoms with Gasteiger partial charge in [-0.3, -0.25) is 0 Å². The summed E-state index contributed by atoms with van der Waals surface area (Å²) in [4.78, 5) is 10.7. The summed E-state index contributed by atoms with van der Waals surface area (Å²) in [6.45, 7) is 5.82. The van der Waals surface area contributed by atoms with Crippen molar-refractivity contribution in [1.29, 1.82) is 0 Å². The summed E-state index contributed by atoms with van der Waals surface area (Å²) < 4.78 is 13.8. The molecule has 0 radical (unpaired) electrons. The van der Waals surface area contributed by atoms with Crippen LogP contribution < -0.4 is 0 Å². The summed E-state index contributed by atoms with van der Waals surface area (Å²) in [5, 5.41) is 8.77. The lowest BCUT2D eigenvalue weighted by Crippen LogP contribution is -2.13. The lowest BCUT2D eigenvalue weighted by atomic mass is 9.86. The van der Waals surface area contributed by atoms with Gasteiger partial charge in [-0.2, -0.15) is 0 Å². The number of hydrogen-bond donors (Lipinski definition) is 1. The van der Waals surface area contributed by atoms with Gasteiger partial charge in [-0.15, -0.1) is 0 Å². The van der Waals surface area contributed by atoms with Crippen molar-refractivity contribution < 1.29 is 14.3 Å². The van der Waals surface area contributed by atoms with Gasteiger partial charge in [-0.1, -0.05) is 20.8 Å². The van der Waals surface area contributed by atoms with Gasteiger partial charge in [-0.05, 0) is 39.0 Å². The molecule has 0 aliphatic carbocycles. The summed E-state index contributed by atoms with van der Waals surface area (Å²) in [5.74, 6) is -1.97. The Bertz CT molecular complexity index is 385. The second-order valence-corrected chi connectivity index (χ2v) is 5.22. The van der Waals surface area contributed by atoms with E-state index < -0.39 is 11.8 Å². The van der Waals surface area contributed by atoms with Crippen molar-refractivity contribution in [2.75, 3.05) is 0 Å². The SMILES string of the molecule is CC(C)(C)c1cc(F)c(C(=O)O)c(Br)c1. The maximum atomic E-state index is 13.5. The molecule has 0 aromatic heterocycles. The Balaban J connectivity index is 3.39. The predicted molar refractivity (Wildman–Crippen MR) is 59.8 cm³/mol. The standard InChI is InChI=1S/C11H12BrFO2/c1-11(2,3)6-4-7(12)9(10(14)15)8(13)5-6/h4-5H,1-3H3,(H,14,15). The molecule has 15 heavy (non-hydrogen) atoms. The highest BCUT2D eigenvalue weighted by Gasteiger charge is 2.21. The zero-order valence-corrected chi connectivity index (χ0v) is 10.4. The Morgan fingerprint density at radius 3 is 2.27 bits per heavy atom. The van der Waals surface area contributed by atoms with Crippen molar-refractivity contribution in [3.05, 3.63) is 33.5 Å². The molecule has 1 aromatic carbocycles. The predicted octanol–water partition coefficient (Wildman–Crippen LogP) is 3.58. The van der Waals surface area contributed by atoms with Gasteiger partial charge in [0.25, 0.3) is 0 Å². The van der Waals surface area contributed by atoms with Crippen LogP contribution in [0.25, 0.3) is 0 Å². The summed E-state index contributed by atoms with van der Waals surface area (Å²) in [5.41, 5.74) is 0.236. The van der Waals surface area contributed by atoms with E-state index >= 15 is 0 Å². The Labute approximate surface area is 96.2 Å². The fourth-order valence-corrected chi connectivity index (χ4v) is 1.82. The van der Waals surface area contributed by atoms with Crippen LogP contribution in [0.3, 0.4) is 0 Å². The molecule has 0 aliphatic rings. The van der Waals surface area contributed by atoms with Crippen molar-refractivity contribution in [1.82, 2.24) is 0 Å². The number of carboxylic acids is 1. The van der Waals surface area contributed by atoms with Crippen LogP contribution >= 0.6 is 15.9 Å². The molecule has 1 N–H and O–H groups in total. The monoisotopic (exact) mass is 274 g/mol. The maximum Gasteiger partial charge on any atom is 0.339 e. The quantitative estimate of drug-likeness (QED) is 0.850. The van der Waals surface area contributed by atoms with E-state index in [0.29, 0.717) is 0 Å². The van der Waals surface area contributed by atoms with Gasteiger partial charge in [0, 0.05) is 4.47 Å². The Kier molecular flexibility index (Phi) is 3.19. The van der Waals surface area contributed by atoms with E-state index in [1.165, 1.54) is 6.07 Å². The van der Waals surface area contributed by atoms with Crippen LogP contribution in [-0.2, 0) is 5.41 Å². The van der Waals surface area contributed by atoms with Crippen LogP contribution in [0.4, 0.5) is 4.39 Å². The van der Waals surface area contributed by atoms with E-state index in [1.54, 1.807) is 6.07 Å². The second-order valence-electron chi connectivity index (χ2n) is 4.37. The Hall–Kier alpha value is -0.900. The summed E-state index contributed by atoms with van der Waals surface area (Å²) >= 11 is 3.07. The number of carbonyl (C=O) groups is 1. The molecule has 0 spiro atoms. The number of benzene rings is 1. The fraction of sp³-hybridized carbons (Fsp3) is 0.364. The molecule has 4 heteroatoms. The number of aromatic carboxylic acids is 1. The molecule has 0 unspecified atom stereocenters. The number of rotatable bonds is 1. The van der Waals surface area contributed by atoms with Gasteiger partial charge in [0.05, 0.1) is 0 Å². The van der Waals surface area contributed by atoms with Crippen LogP contribution in [0.5, 0.6) is 0 Å². The average molecular weight is 275 g/mol. The minimum Gasteiger partial charge on any atom is -0.478 e. The Morgan fingerprint density at radius 1 is 1.40 bits per heavy atom. The van der Waals surface area contributed by atoms with E-state index in [4.69, 9.17) is 5.11 Å². The Morgan fingerprint density at radius 2 is 1.93 bits per heavy atom. The molecular weight excluding hydrogens is 263 g/mol. The van der Waals surface area contributed by atoms with Crippen molar-refractivity contribution in [3.63, 3.8) is 0 Å². The zero-order valence-electron chi connectivity index (χ0n) is 8.77. The van der Waals surface area contributed by atoms with Gasteiger partial charge in [-0.25, -0.2) is 9.18 Å². The molecule has 0 bridgehead atoms. The smallest absolute Gasteiger partial charge is 0.339 e. The van der Waals surface area contributed by atoms with E-state index in [2.05, 4.69) is 15.9 Å². The molecule has 0 saturated heterocycles. The van der Waals surface area contributed by atoms with Gasteiger partial charge >= 0.3 is 5.97 Å². The first-order valence-corrected chi connectivity index (χ1v) is 5.25. The zero-order chi connectivity index (χ0) is 11.8. The third-order valence-electron chi connectivity index (χ3n) is 2.12. The van der Waals surface area contributed by atoms with Gasteiger partial charge in [0.1, 0.15) is 11.4 Å². The number of halogens is 2. The first-order valence-electron chi connectivity index (χ1n) is 4.46. The molecule has 0 aliphatic heterocycles. The number of carboxylic acid groups (broad SMARTS) is 1. The van der Waals surface area contributed by atoms with Crippen molar-refractivity contribution in [2.45, 2.75) is 26.2 Å². The first-order chi connectivity index (χ1) is 6.73. The molecule has 0 heterocycles. The van der Waals surface area contributed by atoms with Gasteiger partial charge < -0.3 is 5.11 Å². The maximum absolute atomic E-state index is 13.5. The third-order valence-corrected chi connectivity index (χ3v) is 2.75. The van der Waals surface area contributed by atoms with E-state index in [9.17, 15) is 9.18 Å². The lowest BCUT2D eigenvalue weighted by molar-refractivity contribution is 0.0690. The van der Waals surface area contributed by atoms with Gasteiger partial charge in [0.2, 0.25) is 0 Å². The molecule has 82 valence electrons. The van der Waals surface area contributed by atoms with E-state index in [-0.39, 0.29) is 15.5 Å². The van der Waals surface area contributed by atoms with E-state index in [0.717, 1.165) is 5.56 Å². The van der Waals surface area contributed by atoms with Crippen LogP contribution in [0, 0.1) is 5.82 Å². The van der Waals surface area contributed by atoms with E-state index in [1.807, 2.05) is 20.8 Å². The van der Waals surface area contributed by atoms with Crippen molar-refractivity contribution >= 4 is 21.9 Å². The minimum absolute atomic E-state index is 0.208. The number of hydrogen-bond acceptors (Lipinski definition) is 1. The molecule has 0 fully saturated rings. The summed E-state index contributed by atoms with van der Waals surface area (Å²) in [6.07, 6.45) is 0. The highest BCUT2D eigenvalue weighted by molar-refractivity contribution is 9.10. The van der Waals surface area contributed by atoms with Crippen LogP contribution in [0.1, 0.15) is 36.7 Å². The highest BCUT2D eigenvalue weighted by atomic mass is 79.9. The van der Waals surface area contributed by atoms with Crippen LogP contribution in [0.15, 0.2) is 16.6 Å². The normalized spacial score (nSPS) is 11.5. The summed E-state index contributed by atoms with van der Waals surface area (Å²) in [6, 6.07) is 2.92. The lowest BCUT2D eigenvalue weighted by Gasteiger charge is -2.20. The fourth-order valence-electron chi connectivity index (χ4n) is 1.21. The molecule has 0 amide bonds. The third kappa shape index (κ3) is 2.56. The van der Waals surface area contributed by atoms with Crippen molar-refractivity contribution in [3.8, 4) is 0 Å². The average Bonchev–Trinajstić information content (AvgIpc) is 1.99. The first kappa shape index (κ1) is 12.2. The highest BCUT2D eigenvalue weighted by Crippen LogP contribution is 2.29. The topological polar surface area (TPSA) is 37.3 Å². The molecule has 2 nitrogen and oxygen atoms in total. The van der Waals surface area contributed by atoms with Crippen molar-refractivity contribution in [2.24, 2.45) is 0 Å². The van der Waals surface area contributed by atoms with Crippen LogP contribution in [-0.4, -0.2) is 11.1 Å². The molecule has 1 rings (SSSR count). The van der Waals surface area contributed by atoms with Crippen LogP contribution in [0.2, 0.25) is 0 Å². The van der Waals surface area contributed by atoms with Gasteiger partial charge in [0.15, 0.2) is 0 Å². The minimum atomic E-state index is -1.26. The molecule has 0 saturated carbocycles. The molecular formula is C11H12BrFO2. The largest absolute Gasteiger partial charge is 0.478 e. The second kappa shape index (κ2) is 3.93. The molecule has 0 atom stereocenters.